The fraction of sp³-hybridized carbons (Fsp3) is 0.292. The number of benzene rings is 3. The average Bonchev–Trinajstić information content (AvgIpc) is 2.74. The van der Waals surface area contributed by atoms with Gasteiger partial charge in [-0.05, 0) is 60.6 Å². The van der Waals surface area contributed by atoms with Crippen molar-refractivity contribution in [3.8, 4) is 16.9 Å². The van der Waals surface area contributed by atoms with Gasteiger partial charge in [0.2, 0.25) is 0 Å². The summed E-state index contributed by atoms with van der Waals surface area (Å²) < 4.78 is 0. The van der Waals surface area contributed by atoms with Gasteiger partial charge >= 0.3 is 0 Å². The first-order chi connectivity index (χ1) is 13.6. The van der Waals surface area contributed by atoms with Crippen LogP contribution in [0.2, 0.25) is 0 Å². The summed E-state index contributed by atoms with van der Waals surface area (Å²) in [6.45, 7) is 8.03. The molecule has 0 bridgehead atoms. The lowest BCUT2D eigenvalue weighted by molar-refractivity contribution is 0.0952. The summed E-state index contributed by atoms with van der Waals surface area (Å²) in [5.41, 5.74) is 2.32. The summed E-state index contributed by atoms with van der Waals surface area (Å²) in [4.78, 5) is 14.7. The van der Waals surface area contributed by atoms with Gasteiger partial charge in [0, 0.05) is 17.7 Å². The molecule has 1 amide bonds. The molecule has 0 aliphatic carbocycles. The van der Waals surface area contributed by atoms with E-state index in [1.54, 1.807) is 6.07 Å². The lowest BCUT2D eigenvalue weighted by Gasteiger charge is -2.17. The molecule has 4 heteroatoms. The zero-order chi connectivity index (χ0) is 19.9. The molecule has 0 aliphatic rings. The molecule has 0 fully saturated rings. The third-order valence-electron chi connectivity index (χ3n) is 5.17. The summed E-state index contributed by atoms with van der Waals surface area (Å²) >= 11 is 0. The first-order valence-electron chi connectivity index (χ1n) is 9.95. The van der Waals surface area contributed by atoms with Gasteiger partial charge in [0.1, 0.15) is 5.75 Å². The largest absolute Gasteiger partial charge is 0.507 e. The van der Waals surface area contributed by atoms with Gasteiger partial charge in [-0.1, -0.05) is 56.3 Å². The maximum absolute atomic E-state index is 12.4. The molecular weight excluding hydrogens is 348 g/mol. The summed E-state index contributed by atoms with van der Waals surface area (Å²) in [6, 6.07) is 19.0. The van der Waals surface area contributed by atoms with Crippen LogP contribution in [-0.4, -0.2) is 42.1 Å². The van der Waals surface area contributed by atoms with Gasteiger partial charge in [0.25, 0.3) is 5.91 Å². The molecule has 0 saturated heterocycles. The van der Waals surface area contributed by atoms with Crippen LogP contribution in [0, 0.1) is 0 Å². The van der Waals surface area contributed by atoms with Gasteiger partial charge in [-0.2, -0.15) is 0 Å². The zero-order valence-corrected chi connectivity index (χ0v) is 16.6. The molecule has 3 rings (SSSR count). The van der Waals surface area contributed by atoms with Crippen LogP contribution < -0.4 is 5.32 Å². The van der Waals surface area contributed by atoms with Crippen molar-refractivity contribution < 1.29 is 9.90 Å². The zero-order valence-electron chi connectivity index (χ0n) is 16.6. The molecule has 0 spiro atoms. The quantitative estimate of drug-likeness (QED) is 0.562. The Morgan fingerprint density at radius 2 is 1.68 bits per heavy atom. The third-order valence-corrected chi connectivity index (χ3v) is 5.17. The number of hydrogen-bond acceptors (Lipinski definition) is 3. The van der Waals surface area contributed by atoms with E-state index in [1.807, 2.05) is 54.6 Å². The van der Waals surface area contributed by atoms with E-state index in [-0.39, 0.29) is 11.7 Å². The maximum Gasteiger partial charge on any atom is 0.251 e. The molecule has 2 N–H and O–H groups in total. The van der Waals surface area contributed by atoms with E-state index in [4.69, 9.17) is 0 Å². The molecule has 0 aliphatic heterocycles. The number of hydrogen-bond donors (Lipinski definition) is 2. The van der Waals surface area contributed by atoms with E-state index < -0.39 is 0 Å². The van der Waals surface area contributed by atoms with Gasteiger partial charge in [-0.15, -0.1) is 0 Å². The summed E-state index contributed by atoms with van der Waals surface area (Å²) in [5.74, 6) is 0.181. The minimum atomic E-state index is -0.0618. The Balaban J connectivity index is 1.69. The van der Waals surface area contributed by atoms with Crippen LogP contribution in [0.4, 0.5) is 0 Å². The molecular formula is C24H28N2O2. The molecule has 0 aromatic heterocycles. The van der Waals surface area contributed by atoms with Crippen LogP contribution in [-0.2, 0) is 0 Å². The number of carbonyl (C=O) groups excluding carboxylic acids is 1. The number of phenolic OH excluding ortho intramolecular Hbond substituents is 1. The molecule has 146 valence electrons. The van der Waals surface area contributed by atoms with E-state index in [9.17, 15) is 9.90 Å². The highest BCUT2D eigenvalue weighted by atomic mass is 16.3. The van der Waals surface area contributed by atoms with Crippen molar-refractivity contribution in [1.29, 1.82) is 0 Å². The monoisotopic (exact) mass is 376 g/mol. The number of nitrogens with zero attached hydrogens (tertiary/aromatic N) is 1. The van der Waals surface area contributed by atoms with Gasteiger partial charge in [-0.3, -0.25) is 4.79 Å². The van der Waals surface area contributed by atoms with Crippen molar-refractivity contribution in [3.63, 3.8) is 0 Å². The Bertz CT molecular complexity index is 931. The van der Waals surface area contributed by atoms with Crippen LogP contribution in [0.1, 0.15) is 30.6 Å². The van der Waals surface area contributed by atoms with Gasteiger partial charge < -0.3 is 15.3 Å². The standard InChI is InChI=1S/C24H28N2O2/c1-3-26(4-2)17-7-16-25-24(28)20-12-10-19(11-13-20)23-21-9-6-5-8-18(21)14-15-22(23)27/h5-6,8-15,27H,3-4,7,16-17H2,1-2H3,(H,25,28). The van der Waals surface area contributed by atoms with Crippen molar-refractivity contribution in [3.05, 3.63) is 66.2 Å². The second-order valence-corrected chi connectivity index (χ2v) is 6.89. The second kappa shape index (κ2) is 9.38. The summed E-state index contributed by atoms with van der Waals surface area (Å²) in [7, 11) is 0. The Kier molecular flexibility index (Phi) is 6.66. The van der Waals surface area contributed by atoms with E-state index in [2.05, 4.69) is 24.1 Å². The van der Waals surface area contributed by atoms with E-state index in [1.165, 1.54) is 0 Å². The lowest BCUT2D eigenvalue weighted by atomic mass is 9.96. The Morgan fingerprint density at radius 3 is 2.39 bits per heavy atom. The SMILES string of the molecule is CCN(CC)CCCNC(=O)c1ccc(-c2c(O)ccc3ccccc23)cc1. The number of amides is 1. The number of fused-ring (bicyclic) bond motifs is 1. The number of carbonyl (C=O) groups is 1. The van der Waals surface area contributed by atoms with Crippen molar-refractivity contribution in [2.75, 3.05) is 26.2 Å². The van der Waals surface area contributed by atoms with Crippen LogP contribution in [0.5, 0.6) is 5.75 Å². The predicted molar refractivity (Wildman–Crippen MR) is 116 cm³/mol. The number of nitrogens with one attached hydrogen (secondary N) is 1. The summed E-state index contributed by atoms with van der Waals surface area (Å²) in [6.07, 6.45) is 0.940. The summed E-state index contributed by atoms with van der Waals surface area (Å²) in [5, 5.41) is 15.4. The van der Waals surface area contributed by atoms with Crippen molar-refractivity contribution in [2.24, 2.45) is 0 Å². The van der Waals surface area contributed by atoms with Crippen molar-refractivity contribution >= 4 is 16.7 Å². The molecule has 4 nitrogen and oxygen atoms in total. The molecule has 3 aromatic rings. The Hall–Kier alpha value is -2.85. The first-order valence-corrected chi connectivity index (χ1v) is 9.95. The van der Waals surface area contributed by atoms with Crippen molar-refractivity contribution in [2.45, 2.75) is 20.3 Å². The van der Waals surface area contributed by atoms with E-state index in [0.717, 1.165) is 48.0 Å². The molecule has 0 unspecified atom stereocenters. The van der Waals surface area contributed by atoms with E-state index >= 15 is 0 Å². The van der Waals surface area contributed by atoms with Crippen LogP contribution in [0.15, 0.2) is 60.7 Å². The number of aromatic hydroxyl groups is 1. The Labute approximate surface area is 166 Å². The number of rotatable bonds is 8. The maximum atomic E-state index is 12.4. The van der Waals surface area contributed by atoms with Crippen LogP contribution >= 0.6 is 0 Å². The average molecular weight is 377 g/mol. The van der Waals surface area contributed by atoms with Gasteiger partial charge in [0.15, 0.2) is 0 Å². The predicted octanol–water partition coefficient (Wildman–Crippen LogP) is 4.67. The Morgan fingerprint density at radius 1 is 0.964 bits per heavy atom. The molecule has 28 heavy (non-hydrogen) atoms. The normalized spacial score (nSPS) is 11.1. The van der Waals surface area contributed by atoms with Crippen molar-refractivity contribution in [1.82, 2.24) is 10.2 Å². The smallest absolute Gasteiger partial charge is 0.251 e. The molecule has 0 radical (unpaired) electrons. The highest BCUT2D eigenvalue weighted by Gasteiger charge is 2.11. The third kappa shape index (κ3) is 4.52. The van der Waals surface area contributed by atoms with E-state index in [0.29, 0.717) is 12.1 Å². The topological polar surface area (TPSA) is 52.6 Å². The minimum absolute atomic E-state index is 0.0618. The highest BCUT2D eigenvalue weighted by molar-refractivity contribution is 6.00. The lowest BCUT2D eigenvalue weighted by Crippen LogP contribution is -2.29. The van der Waals surface area contributed by atoms with Crippen LogP contribution in [0.3, 0.4) is 0 Å². The second-order valence-electron chi connectivity index (χ2n) is 6.89. The van der Waals surface area contributed by atoms with Crippen LogP contribution in [0.25, 0.3) is 21.9 Å². The number of phenols is 1. The molecule has 3 aromatic carbocycles. The fourth-order valence-corrected chi connectivity index (χ4v) is 3.50. The molecule has 0 heterocycles. The molecule has 0 atom stereocenters. The molecule has 0 saturated carbocycles. The fourth-order valence-electron chi connectivity index (χ4n) is 3.50. The highest BCUT2D eigenvalue weighted by Crippen LogP contribution is 2.36. The van der Waals surface area contributed by atoms with Gasteiger partial charge in [-0.25, -0.2) is 0 Å². The van der Waals surface area contributed by atoms with Gasteiger partial charge in [0.05, 0.1) is 0 Å². The minimum Gasteiger partial charge on any atom is -0.507 e. The first kappa shape index (κ1) is 19.9.